The Balaban J connectivity index is 0.000000845. The van der Waals surface area contributed by atoms with Crippen LogP contribution in [0.1, 0.15) is 25.0 Å². The van der Waals surface area contributed by atoms with Crippen molar-refractivity contribution in [3.63, 3.8) is 0 Å². The smallest absolute Gasteiger partial charge is 0.224 e. The third-order valence-electron chi connectivity index (χ3n) is 2.16. The van der Waals surface area contributed by atoms with Crippen molar-refractivity contribution in [3.05, 3.63) is 29.3 Å². The zero-order chi connectivity index (χ0) is 8.55. The number of anilines is 1. The first-order valence-corrected chi connectivity index (χ1v) is 4.15. The van der Waals surface area contributed by atoms with Crippen LogP contribution in [0.25, 0.3) is 0 Å². The van der Waals surface area contributed by atoms with Gasteiger partial charge in [-0.25, -0.2) is 0 Å². The quantitative estimate of drug-likeness (QED) is 0.648. The topological polar surface area (TPSA) is 29.1 Å². The highest BCUT2D eigenvalue weighted by Crippen LogP contribution is 2.22. The molecule has 1 aliphatic heterocycles. The van der Waals surface area contributed by atoms with Crippen LogP contribution in [0.4, 0.5) is 5.69 Å². The van der Waals surface area contributed by atoms with Crippen LogP contribution >= 0.6 is 0 Å². The van der Waals surface area contributed by atoms with Crippen molar-refractivity contribution >= 4 is 11.6 Å². The van der Waals surface area contributed by atoms with Gasteiger partial charge in [-0.15, -0.1) is 0 Å². The molecule has 13 heavy (non-hydrogen) atoms. The van der Waals surface area contributed by atoms with Gasteiger partial charge in [0.15, 0.2) is 0 Å². The van der Waals surface area contributed by atoms with E-state index in [4.69, 9.17) is 0 Å². The molecule has 0 radical (unpaired) electrons. The second-order valence-electron chi connectivity index (χ2n) is 3.21. The number of fused-ring (bicyclic) bond motifs is 1. The Morgan fingerprint density at radius 1 is 1.31 bits per heavy atom. The van der Waals surface area contributed by atoms with Crippen molar-refractivity contribution in [1.29, 1.82) is 0 Å². The van der Waals surface area contributed by atoms with Crippen molar-refractivity contribution in [2.24, 2.45) is 0 Å². The fourth-order valence-corrected chi connectivity index (χ4v) is 1.49. The van der Waals surface area contributed by atoms with Gasteiger partial charge in [-0.2, -0.15) is 0 Å². The molecule has 1 N–H and O–H groups in total. The number of hydrogen-bond acceptors (Lipinski definition) is 1. The molecule has 0 aromatic heterocycles. The van der Waals surface area contributed by atoms with Gasteiger partial charge in [-0.1, -0.05) is 19.6 Å². The van der Waals surface area contributed by atoms with E-state index in [1.165, 1.54) is 11.1 Å². The minimum Gasteiger partial charge on any atom is -0.326 e. The molecule has 2 heteroatoms. The number of nitrogens with one attached hydrogen (secondary N) is 1. The molecule has 0 spiro atoms. The first-order valence-electron chi connectivity index (χ1n) is 4.15. The number of carbonyl (C=O) groups is 1. The van der Waals surface area contributed by atoms with E-state index < -0.39 is 0 Å². The largest absolute Gasteiger partial charge is 0.326 e. The maximum Gasteiger partial charge on any atom is 0.224 e. The van der Waals surface area contributed by atoms with E-state index >= 15 is 0 Å². The third kappa shape index (κ3) is 1.89. The second kappa shape index (κ2) is 3.60. The Kier molecular flexibility index (Phi) is 2.71. The molecule has 0 bridgehead atoms. The van der Waals surface area contributed by atoms with Crippen molar-refractivity contribution in [2.45, 2.75) is 27.2 Å². The molecule has 0 saturated heterocycles. The highest BCUT2D eigenvalue weighted by molar-refractivity contribution is 5.93. The van der Waals surface area contributed by atoms with Crippen LogP contribution in [0.15, 0.2) is 18.2 Å². The Bertz CT molecular complexity index is 331. The lowest BCUT2D eigenvalue weighted by Gasteiger charge is -2.16. The summed E-state index contributed by atoms with van der Waals surface area (Å²) in [4.78, 5) is 11.0. The average Bonchev–Trinajstić information content (AvgIpc) is 2.03. The molecule has 1 aromatic rings. The summed E-state index contributed by atoms with van der Waals surface area (Å²) in [6.07, 6.45) is 1.50. The normalized spacial score (nSPS) is 14.1. The molecule has 2 nitrogen and oxygen atoms in total. The van der Waals surface area contributed by atoms with Crippen molar-refractivity contribution < 1.29 is 4.79 Å². The van der Waals surface area contributed by atoms with E-state index in [1.807, 2.05) is 13.0 Å². The van der Waals surface area contributed by atoms with E-state index in [0.717, 1.165) is 12.1 Å². The molecule has 2 rings (SSSR count). The molecule has 0 saturated carbocycles. The Morgan fingerprint density at radius 2 is 2.08 bits per heavy atom. The van der Waals surface area contributed by atoms with Gasteiger partial charge >= 0.3 is 0 Å². The molecule has 1 aliphatic rings. The lowest BCUT2D eigenvalue weighted by atomic mass is 10.0. The predicted molar refractivity (Wildman–Crippen MR) is 54.9 cm³/mol. The van der Waals surface area contributed by atoms with Crippen LogP contribution in [0.3, 0.4) is 0 Å². The third-order valence-corrected chi connectivity index (χ3v) is 2.16. The molecule has 0 unspecified atom stereocenters. The highest BCUT2D eigenvalue weighted by Gasteiger charge is 2.13. The van der Waals surface area contributed by atoms with E-state index in [0.29, 0.717) is 6.42 Å². The lowest BCUT2D eigenvalue weighted by Crippen LogP contribution is -2.18. The van der Waals surface area contributed by atoms with Gasteiger partial charge in [-0.05, 0) is 30.5 Å². The van der Waals surface area contributed by atoms with Crippen LogP contribution < -0.4 is 5.32 Å². The standard InChI is InChI=1S/C10H11NO.CH4/c1-7-2-3-8-4-5-10(12)11-9(8)6-7;/h2-3,6H,4-5H2,1H3,(H,11,12);1H4. The molecule has 1 aromatic carbocycles. The van der Waals surface area contributed by atoms with Crippen LogP contribution in [-0.2, 0) is 11.2 Å². The fraction of sp³-hybridized carbons (Fsp3) is 0.364. The molecule has 0 aliphatic carbocycles. The maximum atomic E-state index is 11.0. The summed E-state index contributed by atoms with van der Waals surface area (Å²) in [6, 6.07) is 6.19. The molecule has 70 valence electrons. The molecule has 1 heterocycles. The van der Waals surface area contributed by atoms with Crippen LogP contribution in [-0.4, -0.2) is 5.91 Å². The number of benzene rings is 1. The fourth-order valence-electron chi connectivity index (χ4n) is 1.49. The summed E-state index contributed by atoms with van der Waals surface area (Å²) in [5.41, 5.74) is 3.43. The number of rotatable bonds is 0. The van der Waals surface area contributed by atoms with Crippen molar-refractivity contribution in [1.82, 2.24) is 0 Å². The molecule has 0 atom stereocenters. The van der Waals surface area contributed by atoms with E-state index in [1.54, 1.807) is 0 Å². The summed E-state index contributed by atoms with van der Waals surface area (Å²) in [7, 11) is 0. The van der Waals surface area contributed by atoms with Crippen LogP contribution in [0, 0.1) is 6.92 Å². The Labute approximate surface area is 79.0 Å². The average molecular weight is 177 g/mol. The lowest BCUT2D eigenvalue weighted by molar-refractivity contribution is -0.116. The van der Waals surface area contributed by atoms with Crippen molar-refractivity contribution in [3.8, 4) is 0 Å². The molecule has 1 amide bonds. The van der Waals surface area contributed by atoms with Gasteiger partial charge in [0.05, 0.1) is 0 Å². The number of hydrogen-bond donors (Lipinski definition) is 1. The van der Waals surface area contributed by atoms with Crippen molar-refractivity contribution in [2.75, 3.05) is 5.32 Å². The Morgan fingerprint density at radius 3 is 2.85 bits per heavy atom. The maximum absolute atomic E-state index is 11.0. The monoisotopic (exact) mass is 177 g/mol. The molecular weight excluding hydrogens is 162 g/mol. The summed E-state index contributed by atoms with van der Waals surface area (Å²) in [5, 5.41) is 2.86. The van der Waals surface area contributed by atoms with E-state index in [-0.39, 0.29) is 13.3 Å². The zero-order valence-electron chi connectivity index (χ0n) is 7.05. The van der Waals surface area contributed by atoms with Crippen LogP contribution in [0.2, 0.25) is 0 Å². The van der Waals surface area contributed by atoms with Gasteiger partial charge in [0.1, 0.15) is 0 Å². The number of aryl methyl sites for hydroxylation is 2. The Hall–Kier alpha value is -1.31. The van der Waals surface area contributed by atoms with Crippen LogP contribution in [0.5, 0.6) is 0 Å². The minimum atomic E-state index is 0. The minimum absolute atomic E-state index is 0. The summed E-state index contributed by atoms with van der Waals surface area (Å²) >= 11 is 0. The predicted octanol–water partition coefficient (Wildman–Crippen LogP) is 2.52. The SMILES string of the molecule is C.Cc1ccc2c(c1)NC(=O)CC2. The van der Waals surface area contributed by atoms with E-state index in [9.17, 15) is 4.79 Å². The summed E-state index contributed by atoms with van der Waals surface area (Å²) < 4.78 is 0. The first kappa shape index (κ1) is 9.78. The summed E-state index contributed by atoms with van der Waals surface area (Å²) in [5.74, 6) is 0.133. The van der Waals surface area contributed by atoms with Gasteiger partial charge in [-0.3, -0.25) is 4.79 Å². The van der Waals surface area contributed by atoms with Gasteiger partial charge < -0.3 is 5.32 Å². The molecule has 0 fully saturated rings. The van der Waals surface area contributed by atoms with E-state index in [2.05, 4.69) is 17.4 Å². The first-order chi connectivity index (χ1) is 5.75. The number of amides is 1. The number of carbonyl (C=O) groups excluding carboxylic acids is 1. The highest BCUT2D eigenvalue weighted by atomic mass is 16.1. The van der Waals surface area contributed by atoms with Gasteiger partial charge in [0, 0.05) is 12.1 Å². The summed E-state index contributed by atoms with van der Waals surface area (Å²) in [6.45, 7) is 2.03. The van der Waals surface area contributed by atoms with Gasteiger partial charge in [0.2, 0.25) is 5.91 Å². The van der Waals surface area contributed by atoms with Gasteiger partial charge in [0.25, 0.3) is 0 Å². The molecular formula is C11H15NO. The zero-order valence-corrected chi connectivity index (χ0v) is 7.05. The second-order valence-corrected chi connectivity index (χ2v) is 3.21.